The summed E-state index contributed by atoms with van der Waals surface area (Å²) >= 11 is 3.22. The van der Waals surface area contributed by atoms with Gasteiger partial charge in [-0.25, -0.2) is 0 Å². The Kier molecular flexibility index (Phi) is 2.70. The summed E-state index contributed by atoms with van der Waals surface area (Å²) in [5, 5.41) is 9.88. The molecule has 3 heteroatoms. The molecule has 14 heavy (non-hydrogen) atoms. The number of aliphatic hydroxyl groups excluding tert-OH is 1. The number of benzene rings is 1. The van der Waals surface area contributed by atoms with Crippen LogP contribution in [0.5, 0.6) is 0 Å². The van der Waals surface area contributed by atoms with Crippen molar-refractivity contribution in [2.75, 3.05) is 6.61 Å². The Morgan fingerprint density at radius 1 is 1.43 bits per heavy atom. The second-order valence-electron chi connectivity index (χ2n) is 2.94. The third-order valence-electron chi connectivity index (χ3n) is 1.89. The summed E-state index contributed by atoms with van der Waals surface area (Å²) in [6.07, 6.45) is 1.76. The minimum absolute atomic E-state index is 0.0168. The number of fused-ring (bicyclic) bond motifs is 1. The fraction of sp³-hybridized carbons (Fsp3) is 0.0909. The van der Waals surface area contributed by atoms with Crippen LogP contribution in [0.25, 0.3) is 17.0 Å². The van der Waals surface area contributed by atoms with E-state index in [0.717, 1.165) is 16.7 Å². The van der Waals surface area contributed by atoms with Crippen molar-refractivity contribution in [2.24, 2.45) is 0 Å². The number of rotatable bonds is 2. The van der Waals surface area contributed by atoms with Crippen molar-refractivity contribution in [3.8, 4) is 0 Å². The van der Waals surface area contributed by atoms with E-state index >= 15 is 0 Å². The van der Waals surface area contributed by atoms with Crippen molar-refractivity contribution >= 4 is 33.0 Å². The zero-order valence-corrected chi connectivity index (χ0v) is 8.99. The van der Waals surface area contributed by atoms with Gasteiger partial charge in [0.15, 0.2) is 0 Å². The largest absolute Gasteiger partial charge is 0.457 e. The highest BCUT2D eigenvalue weighted by molar-refractivity contribution is 9.11. The van der Waals surface area contributed by atoms with Crippen LogP contribution >= 0.6 is 15.9 Å². The van der Waals surface area contributed by atoms with Crippen LogP contribution in [0.15, 0.2) is 39.2 Å². The first-order valence-electron chi connectivity index (χ1n) is 4.25. The SMILES string of the molecule is OC/C(Br)=C/c1cc2ccccc2o1. The Morgan fingerprint density at radius 2 is 2.21 bits per heavy atom. The molecule has 0 aliphatic carbocycles. The zero-order chi connectivity index (χ0) is 9.97. The van der Waals surface area contributed by atoms with E-state index in [1.807, 2.05) is 30.3 Å². The highest BCUT2D eigenvalue weighted by atomic mass is 79.9. The first-order chi connectivity index (χ1) is 6.79. The molecule has 1 aromatic heterocycles. The monoisotopic (exact) mass is 252 g/mol. The number of furan rings is 1. The topological polar surface area (TPSA) is 33.4 Å². The summed E-state index contributed by atoms with van der Waals surface area (Å²) in [6.45, 7) is -0.0168. The van der Waals surface area contributed by atoms with E-state index in [1.165, 1.54) is 0 Å². The van der Waals surface area contributed by atoms with Crippen LogP contribution in [0.4, 0.5) is 0 Å². The van der Waals surface area contributed by atoms with Crippen LogP contribution in [-0.4, -0.2) is 11.7 Å². The van der Waals surface area contributed by atoms with E-state index in [9.17, 15) is 0 Å². The molecule has 0 bridgehead atoms. The van der Waals surface area contributed by atoms with E-state index in [0.29, 0.717) is 4.48 Å². The standard InChI is InChI=1S/C11H9BrO2/c12-9(7-13)6-10-5-8-3-1-2-4-11(8)14-10/h1-6,13H,7H2/b9-6-. The highest BCUT2D eigenvalue weighted by Crippen LogP contribution is 2.21. The van der Waals surface area contributed by atoms with Crippen molar-refractivity contribution in [2.45, 2.75) is 0 Å². The third kappa shape index (κ3) is 1.89. The van der Waals surface area contributed by atoms with Gasteiger partial charge in [-0.2, -0.15) is 0 Å². The molecule has 0 spiro atoms. The fourth-order valence-electron chi connectivity index (χ4n) is 1.27. The summed E-state index contributed by atoms with van der Waals surface area (Å²) in [5.74, 6) is 0.743. The lowest BCUT2D eigenvalue weighted by Gasteiger charge is -1.88. The predicted octanol–water partition coefficient (Wildman–Crippen LogP) is 3.16. The molecule has 2 nitrogen and oxygen atoms in total. The van der Waals surface area contributed by atoms with Gasteiger partial charge in [-0.15, -0.1) is 0 Å². The quantitative estimate of drug-likeness (QED) is 0.891. The number of para-hydroxylation sites is 1. The third-order valence-corrected chi connectivity index (χ3v) is 2.37. The molecule has 0 saturated carbocycles. The van der Waals surface area contributed by atoms with Crippen LogP contribution in [0, 0.1) is 0 Å². The van der Waals surface area contributed by atoms with Gasteiger partial charge in [0.25, 0.3) is 0 Å². The summed E-state index contributed by atoms with van der Waals surface area (Å²) in [4.78, 5) is 0. The van der Waals surface area contributed by atoms with Crippen molar-refractivity contribution in [1.29, 1.82) is 0 Å². The molecule has 0 amide bonds. The van der Waals surface area contributed by atoms with Crippen LogP contribution in [-0.2, 0) is 0 Å². The number of hydrogen-bond acceptors (Lipinski definition) is 2. The molecule has 0 radical (unpaired) electrons. The maximum Gasteiger partial charge on any atom is 0.134 e. The van der Waals surface area contributed by atoms with Gasteiger partial charge in [0, 0.05) is 9.87 Å². The van der Waals surface area contributed by atoms with Crippen molar-refractivity contribution in [3.05, 3.63) is 40.6 Å². The van der Waals surface area contributed by atoms with E-state index in [1.54, 1.807) is 6.08 Å². The second-order valence-corrected chi connectivity index (χ2v) is 3.95. The Labute approximate surface area is 90.0 Å². The number of halogens is 1. The van der Waals surface area contributed by atoms with Gasteiger partial charge in [0.1, 0.15) is 11.3 Å². The van der Waals surface area contributed by atoms with Crippen molar-refractivity contribution in [3.63, 3.8) is 0 Å². The predicted molar refractivity (Wildman–Crippen MR) is 60.2 cm³/mol. The second kappa shape index (κ2) is 3.98. The Balaban J connectivity index is 2.45. The average molecular weight is 253 g/mol. The first kappa shape index (κ1) is 9.49. The van der Waals surface area contributed by atoms with Gasteiger partial charge in [-0.3, -0.25) is 0 Å². The Hall–Kier alpha value is -1.06. The molecule has 0 atom stereocenters. The molecule has 2 aromatic rings. The van der Waals surface area contributed by atoms with Crippen molar-refractivity contribution < 1.29 is 9.52 Å². The molecule has 0 fully saturated rings. The first-order valence-corrected chi connectivity index (χ1v) is 5.04. The summed E-state index contributed by atoms with van der Waals surface area (Å²) < 4.78 is 6.23. The molecule has 0 saturated heterocycles. The van der Waals surface area contributed by atoms with E-state index in [-0.39, 0.29) is 6.61 Å². The molecule has 1 aromatic carbocycles. The molecule has 0 aliphatic heterocycles. The van der Waals surface area contributed by atoms with Gasteiger partial charge >= 0.3 is 0 Å². The van der Waals surface area contributed by atoms with Gasteiger partial charge in [0.05, 0.1) is 6.61 Å². The van der Waals surface area contributed by atoms with E-state index in [4.69, 9.17) is 9.52 Å². The summed E-state index contributed by atoms with van der Waals surface area (Å²) in [5.41, 5.74) is 0.858. The molecular weight excluding hydrogens is 244 g/mol. The van der Waals surface area contributed by atoms with E-state index < -0.39 is 0 Å². The average Bonchev–Trinajstić information content (AvgIpc) is 2.59. The van der Waals surface area contributed by atoms with Gasteiger partial charge in [-0.05, 0) is 18.2 Å². The molecular formula is C11H9BrO2. The minimum atomic E-state index is -0.0168. The lowest BCUT2D eigenvalue weighted by Crippen LogP contribution is -1.78. The minimum Gasteiger partial charge on any atom is -0.457 e. The summed E-state index contributed by atoms with van der Waals surface area (Å²) in [7, 11) is 0. The fourth-order valence-corrected chi connectivity index (χ4v) is 1.50. The maximum atomic E-state index is 8.81. The van der Waals surface area contributed by atoms with Crippen LogP contribution in [0.2, 0.25) is 0 Å². The summed E-state index contributed by atoms with van der Waals surface area (Å²) in [6, 6.07) is 9.74. The smallest absolute Gasteiger partial charge is 0.134 e. The molecule has 1 N–H and O–H groups in total. The van der Waals surface area contributed by atoms with Crippen molar-refractivity contribution in [1.82, 2.24) is 0 Å². The van der Waals surface area contributed by atoms with Crippen LogP contribution in [0.1, 0.15) is 5.76 Å². The van der Waals surface area contributed by atoms with Gasteiger partial charge < -0.3 is 9.52 Å². The Bertz CT molecular complexity index is 438. The Morgan fingerprint density at radius 3 is 2.93 bits per heavy atom. The van der Waals surface area contributed by atoms with Gasteiger partial charge in [0.2, 0.25) is 0 Å². The lowest BCUT2D eigenvalue weighted by atomic mass is 10.2. The van der Waals surface area contributed by atoms with E-state index in [2.05, 4.69) is 15.9 Å². The zero-order valence-electron chi connectivity index (χ0n) is 7.40. The number of hydrogen-bond donors (Lipinski definition) is 1. The molecule has 0 unspecified atom stereocenters. The van der Waals surface area contributed by atoms with Crippen LogP contribution in [0.3, 0.4) is 0 Å². The molecule has 0 aliphatic rings. The molecule has 2 rings (SSSR count). The van der Waals surface area contributed by atoms with Crippen LogP contribution < -0.4 is 0 Å². The number of aliphatic hydroxyl groups is 1. The molecule has 72 valence electrons. The highest BCUT2D eigenvalue weighted by Gasteiger charge is 2.00. The van der Waals surface area contributed by atoms with Gasteiger partial charge in [-0.1, -0.05) is 34.1 Å². The molecule has 1 heterocycles. The normalized spacial score (nSPS) is 12.3. The lowest BCUT2D eigenvalue weighted by molar-refractivity contribution is 0.341. The maximum absolute atomic E-state index is 8.81.